The molecule has 0 radical (unpaired) electrons. The molecule has 9 heteroatoms. The second-order valence-corrected chi connectivity index (χ2v) is 6.56. The van der Waals surface area contributed by atoms with Crippen LogP contribution in [-0.2, 0) is 6.18 Å². The summed E-state index contributed by atoms with van der Waals surface area (Å²) in [5.41, 5.74) is -0.248. The predicted molar refractivity (Wildman–Crippen MR) is 106 cm³/mol. The average Bonchev–Trinajstić information content (AvgIpc) is 3.18. The van der Waals surface area contributed by atoms with Crippen LogP contribution in [0.5, 0.6) is 11.5 Å². The molecule has 1 amide bonds. The molecule has 1 heterocycles. The zero-order valence-corrected chi connectivity index (χ0v) is 16.8. The number of carbonyl (C=O) groups excluding carboxylic acids is 1. The Balaban J connectivity index is 2.05. The van der Waals surface area contributed by atoms with E-state index in [1.807, 2.05) is 6.92 Å². The average molecular weight is 419 g/mol. The van der Waals surface area contributed by atoms with Gasteiger partial charge in [0, 0.05) is 18.8 Å². The number of nitrogens with zero attached hydrogens (tertiary/aromatic N) is 3. The maximum absolute atomic E-state index is 13.9. The van der Waals surface area contributed by atoms with Crippen LogP contribution in [0.3, 0.4) is 0 Å². The van der Waals surface area contributed by atoms with Gasteiger partial charge in [0.25, 0.3) is 5.91 Å². The molecule has 0 bridgehead atoms. The number of amides is 1. The zero-order valence-electron chi connectivity index (χ0n) is 16.8. The first-order valence-electron chi connectivity index (χ1n) is 8.89. The van der Waals surface area contributed by atoms with Gasteiger partial charge >= 0.3 is 6.18 Å². The molecule has 0 saturated carbocycles. The van der Waals surface area contributed by atoms with Crippen molar-refractivity contribution in [2.24, 2.45) is 0 Å². The van der Waals surface area contributed by atoms with Crippen molar-refractivity contribution in [2.75, 3.05) is 26.2 Å². The van der Waals surface area contributed by atoms with Gasteiger partial charge < -0.3 is 14.4 Å². The van der Waals surface area contributed by atoms with Crippen LogP contribution in [0.1, 0.15) is 21.6 Å². The van der Waals surface area contributed by atoms with E-state index in [4.69, 9.17) is 9.47 Å². The molecule has 1 aromatic heterocycles. The number of carbonyl (C=O) groups is 1. The smallest absolute Gasteiger partial charge is 0.434 e. The Labute approximate surface area is 171 Å². The first-order chi connectivity index (χ1) is 14.2. The van der Waals surface area contributed by atoms with Gasteiger partial charge in [-0.1, -0.05) is 17.7 Å². The third-order valence-electron chi connectivity index (χ3n) is 4.61. The summed E-state index contributed by atoms with van der Waals surface area (Å²) in [6, 6.07) is 11.0. The lowest BCUT2D eigenvalue weighted by Crippen LogP contribution is -2.29. The first-order valence-corrected chi connectivity index (χ1v) is 8.89. The van der Waals surface area contributed by atoms with Crippen LogP contribution in [0.15, 0.2) is 48.7 Å². The summed E-state index contributed by atoms with van der Waals surface area (Å²) >= 11 is 0. The third kappa shape index (κ3) is 3.96. The van der Waals surface area contributed by atoms with Crippen molar-refractivity contribution < 1.29 is 27.4 Å². The number of aromatic nitrogens is 2. The lowest BCUT2D eigenvalue weighted by molar-refractivity contribution is -0.143. The topological polar surface area (TPSA) is 56.6 Å². The van der Waals surface area contributed by atoms with E-state index in [1.54, 1.807) is 24.3 Å². The van der Waals surface area contributed by atoms with Gasteiger partial charge in [0.2, 0.25) is 0 Å². The number of aryl methyl sites for hydroxylation is 1. The number of rotatable bonds is 5. The molecule has 0 saturated heterocycles. The minimum absolute atomic E-state index is 0.209. The lowest BCUT2D eigenvalue weighted by Gasteiger charge is -2.20. The number of hydrogen-bond acceptors (Lipinski definition) is 4. The van der Waals surface area contributed by atoms with Crippen LogP contribution >= 0.6 is 0 Å². The van der Waals surface area contributed by atoms with Gasteiger partial charge in [-0.15, -0.1) is 0 Å². The van der Waals surface area contributed by atoms with Crippen molar-refractivity contribution in [1.82, 2.24) is 9.78 Å². The van der Waals surface area contributed by atoms with Crippen LogP contribution < -0.4 is 14.4 Å². The second kappa shape index (κ2) is 8.10. The number of hydrogen-bond donors (Lipinski definition) is 0. The van der Waals surface area contributed by atoms with Crippen molar-refractivity contribution >= 4 is 11.6 Å². The first kappa shape index (κ1) is 21.2. The molecule has 158 valence electrons. The van der Waals surface area contributed by atoms with Crippen LogP contribution in [0.2, 0.25) is 0 Å². The minimum Gasteiger partial charge on any atom is -0.493 e. The van der Waals surface area contributed by atoms with E-state index in [0.717, 1.165) is 21.3 Å². The van der Waals surface area contributed by atoms with Gasteiger partial charge in [-0.05, 0) is 31.2 Å². The van der Waals surface area contributed by atoms with Gasteiger partial charge in [0.05, 0.1) is 31.7 Å². The molecule has 0 unspecified atom stereocenters. The van der Waals surface area contributed by atoms with Crippen LogP contribution in [0.25, 0.3) is 5.69 Å². The quantitative estimate of drug-likeness (QED) is 0.611. The molecule has 0 spiro atoms. The molecular weight excluding hydrogens is 399 g/mol. The SMILES string of the molecule is COc1ccc(N(C)C(=O)c2cnn(-c3ccc(C)cc3)c2C(F)(F)F)cc1OC. The van der Waals surface area contributed by atoms with E-state index in [-0.39, 0.29) is 5.69 Å². The molecule has 0 atom stereocenters. The van der Waals surface area contributed by atoms with E-state index < -0.39 is 23.3 Å². The highest BCUT2D eigenvalue weighted by Gasteiger charge is 2.41. The molecule has 2 aromatic carbocycles. The van der Waals surface area contributed by atoms with Crippen molar-refractivity contribution in [1.29, 1.82) is 0 Å². The Morgan fingerprint density at radius 3 is 2.23 bits per heavy atom. The molecule has 0 N–H and O–H groups in total. The van der Waals surface area contributed by atoms with Gasteiger partial charge in [-0.2, -0.15) is 18.3 Å². The zero-order chi connectivity index (χ0) is 22.1. The number of anilines is 1. The van der Waals surface area contributed by atoms with Crippen LogP contribution in [0.4, 0.5) is 18.9 Å². The molecule has 0 aliphatic rings. The summed E-state index contributed by atoms with van der Waals surface area (Å²) < 4.78 is 52.7. The molecule has 3 aromatic rings. The van der Waals surface area contributed by atoms with Crippen molar-refractivity contribution in [3.05, 3.63) is 65.5 Å². The third-order valence-corrected chi connectivity index (χ3v) is 4.61. The Kier molecular flexibility index (Phi) is 5.73. The highest BCUT2D eigenvalue weighted by molar-refractivity contribution is 6.06. The van der Waals surface area contributed by atoms with Crippen molar-refractivity contribution in [3.8, 4) is 17.2 Å². The molecule has 0 aliphatic carbocycles. The van der Waals surface area contributed by atoms with E-state index in [9.17, 15) is 18.0 Å². The molecule has 3 rings (SSSR count). The highest BCUT2D eigenvalue weighted by Crippen LogP contribution is 2.36. The van der Waals surface area contributed by atoms with E-state index in [0.29, 0.717) is 17.2 Å². The summed E-state index contributed by atoms with van der Waals surface area (Å²) in [6.45, 7) is 1.82. The fourth-order valence-electron chi connectivity index (χ4n) is 2.99. The van der Waals surface area contributed by atoms with E-state index >= 15 is 0 Å². The summed E-state index contributed by atoms with van der Waals surface area (Å²) in [6.07, 6.45) is -3.85. The maximum Gasteiger partial charge on any atom is 0.434 e. The number of alkyl halides is 3. The second-order valence-electron chi connectivity index (χ2n) is 6.56. The normalized spacial score (nSPS) is 11.3. The fourth-order valence-corrected chi connectivity index (χ4v) is 2.99. The summed E-state index contributed by atoms with van der Waals surface area (Å²) in [7, 11) is 4.27. The number of methoxy groups -OCH3 is 2. The van der Waals surface area contributed by atoms with E-state index in [2.05, 4.69) is 5.10 Å². The molecule has 6 nitrogen and oxygen atoms in total. The summed E-state index contributed by atoms with van der Waals surface area (Å²) in [5.74, 6) is -0.0702. The minimum atomic E-state index is -4.79. The molecule has 30 heavy (non-hydrogen) atoms. The van der Waals surface area contributed by atoms with E-state index in [1.165, 1.54) is 39.5 Å². The number of ether oxygens (including phenoxy) is 2. The fraction of sp³-hybridized carbons (Fsp3) is 0.238. The molecular formula is C21H20F3N3O3. The van der Waals surface area contributed by atoms with Gasteiger partial charge in [0.1, 0.15) is 0 Å². The maximum atomic E-state index is 13.9. The van der Waals surface area contributed by atoms with Crippen molar-refractivity contribution in [3.63, 3.8) is 0 Å². The highest BCUT2D eigenvalue weighted by atomic mass is 19.4. The Morgan fingerprint density at radius 2 is 1.67 bits per heavy atom. The lowest BCUT2D eigenvalue weighted by atomic mass is 10.1. The summed E-state index contributed by atoms with van der Waals surface area (Å²) in [4.78, 5) is 14.1. The van der Waals surface area contributed by atoms with Crippen molar-refractivity contribution in [2.45, 2.75) is 13.1 Å². The number of benzene rings is 2. The largest absolute Gasteiger partial charge is 0.493 e. The molecule has 0 fully saturated rings. The predicted octanol–water partition coefficient (Wildman–Crippen LogP) is 4.49. The van der Waals surface area contributed by atoms with Gasteiger partial charge in [0.15, 0.2) is 17.2 Å². The monoisotopic (exact) mass is 419 g/mol. The standard InChI is InChI=1S/C21H20F3N3O3/c1-13-5-7-14(8-6-13)27-19(21(22,23)24)16(12-25-27)20(28)26(2)15-9-10-17(29-3)18(11-15)30-4/h5-12H,1-4H3. The van der Waals surface area contributed by atoms with Gasteiger partial charge in [-0.3, -0.25) is 4.79 Å². The van der Waals surface area contributed by atoms with Gasteiger partial charge in [-0.25, -0.2) is 4.68 Å². The van der Waals surface area contributed by atoms with Crippen LogP contribution in [-0.4, -0.2) is 37.0 Å². The molecule has 0 aliphatic heterocycles. The Bertz CT molecular complexity index is 1060. The van der Waals surface area contributed by atoms with Crippen LogP contribution in [0, 0.1) is 6.92 Å². The summed E-state index contributed by atoms with van der Waals surface area (Å²) in [5, 5.41) is 3.85. The Morgan fingerprint density at radius 1 is 1.03 bits per heavy atom. The number of halogens is 3. The Hall–Kier alpha value is -3.49.